The highest BCUT2D eigenvalue weighted by molar-refractivity contribution is 8.77. The van der Waals surface area contributed by atoms with Gasteiger partial charge in [0.25, 0.3) is 0 Å². The fourth-order valence-corrected chi connectivity index (χ4v) is 21.6. The maximum atomic E-state index is 15.6. The minimum Gasteiger partial charge on any atom is -0.508 e. The second kappa shape index (κ2) is 51.5. The van der Waals surface area contributed by atoms with Crippen LogP contribution in [0.1, 0.15) is 119 Å². The summed E-state index contributed by atoms with van der Waals surface area (Å²) < 4.78 is 29.8. The second-order valence-corrected chi connectivity index (χ2v) is 40.9. The van der Waals surface area contributed by atoms with E-state index in [0.29, 0.717) is 52.4 Å². The Morgan fingerprint density at radius 3 is 2.07 bits per heavy atom. The molecule has 140 heavy (non-hydrogen) atoms. The van der Waals surface area contributed by atoms with Crippen LogP contribution in [0.4, 0.5) is 15.3 Å². The Morgan fingerprint density at radius 1 is 0.764 bits per heavy atom. The molecule has 1 aromatic heterocycles. The Balaban J connectivity index is 0.821. The number of aromatic amines is 1. The molecule has 0 saturated carbocycles. The minimum absolute atomic E-state index is 0.0467. The van der Waals surface area contributed by atoms with Crippen molar-refractivity contribution < 1.29 is 101 Å². The number of urea groups is 1. The maximum absolute atomic E-state index is 15.6. The number of esters is 1. The van der Waals surface area contributed by atoms with Crippen molar-refractivity contribution in [2.45, 2.75) is 207 Å². The van der Waals surface area contributed by atoms with Gasteiger partial charge in [0.1, 0.15) is 94.8 Å². The number of hydrogen-bond donors (Lipinski definition) is 16. The van der Waals surface area contributed by atoms with Crippen molar-refractivity contribution >= 4 is 149 Å². The number of carbonyl (C=O) groups is 13. The third-order valence-electron chi connectivity index (χ3n) is 25.1. The molecular formula is C99H124ClN15O21S4. The number of ether oxygens (including phenoxy) is 5. The lowest BCUT2D eigenvalue weighted by Crippen LogP contribution is -2.63. The van der Waals surface area contributed by atoms with E-state index in [9.17, 15) is 53.7 Å². The van der Waals surface area contributed by atoms with Crippen LogP contribution in [-0.4, -0.2) is 263 Å². The van der Waals surface area contributed by atoms with E-state index in [4.69, 9.17) is 46.8 Å². The number of rotatable bonds is 33. The predicted octanol–water partition coefficient (Wildman–Crippen LogP) is 6.87. The zero-order chi connectivity index (χ0) is 101. The molecule has 41 heteroatoms. The number of aliphatic hydroxyl groups excluding tert-OH is 1. The number of primary amides is 1. The number of aliphatic hydroxyl groups is 2. The third-order valence-corrected chi connectivity index (χ3v) is 30.3. The molecule has 0 unspecified atom stereocenters. The normalized spacial score (nSPS) is 24.5. The van der Waals surface area contributed by atoms with Crippen molar-refractivity contribution in [3.05, 3.63) is 220 Å². The number of allylic oxidation sites excluding steroid dienone is 3. The van der Waals surface area contributed by atoms with E-state index in [1.807, 2.05) is 73.7 Å². The van der Waals surface area contributed by atoms with E-state index >= 15 is 24.0 Å². The van der Waals surface area contributed by atoms with Gasteiger partial charge in [-0.3, -0.25) is 53.3 Å². The van der Waals surface area contributed by atoms with Gasteiger partial charge in [0, 0.05) is 112 Å². The van der Waals surface area contributed by atoms with Gasteiger partial charge >= 0.3 is 18.1 Å². The van der Waals surface area contributed by atoms with Crippen molar-refractivity contribution in [1.82, 2.24) is 63.1 Å². The number of methoxy groups -OCH3 is 2. The lowest BCUT2D eigenvalue weighted by molar-refractivity contribution is -0.162. The first-order valence-corrected chi connectivity index (χ1v) is 51.5. The summed E-state index contributed by atoms with van der Waals surface area (Å²) in [6.45, 7) is 8.19. The van der Waals surface area contributed by atoms with Gasteiger partial charge < -0.3 is 113 Å². The summed E-state index contributed by atoms with van der Waals surface area (Å²) in [6, 6.07) is 30.1. The Kier molecular flexibility index (Phi) is 40.0. The van der Waals surface area contributed by atoms with Crippen molar-refractivity contribution in [3.63, 3.8) is 0 Å². The Morgan fingerprint density at radius 2 is 1.41 bits per heavy atom. The van der Waals surface area contributed by atoms with E-state index in [2.05, 4.69) is 58.2 Å². The summed E-state index contributed by atoms with van der Waals surface area (Å²) in [5, 5.41) is 62.0. The number of unbranched alkanes of at least 4 members (excludes halogenated alkanes) is 1. The van der Waals surface area contributed by atoms with Crippen molar-refractivity contribution in [3.8, 4) is 11.5 Å². The zero-order valence-corrected chi connectivity index (χ0v) is 83.3. The smallest absolute Gasteiger partial charge is 0.409 e. The fourth-order valence-electron chi connectivity index (χ4n) is 16.8. The number of benzene rings is 6. The molecule has 4 aliphatic heterocycles. The van der Waals surface area contributed by atoms with Gasteiger partial charge in [0.15, 0.2) is 5.72 Å². The molecule has 11 rings (SSSR count). The van der Waals surface area contributed by atoms with Crippen LogP contribution in [0.5, 0.6) is 11.5 Å². The molecule has 13 amide bonds. The third kappa shape index (κ3) is 29.9. The quantitative estimate of drug-likeness (QED) is 0.00862. The summed E-state index contributed by atoms with van der Waals surface area (Å²) in [4.78, 5) is 197. The number of nitrogens with two attached hydrogens (primary N) is 2. The molecule has 17 atom stereocenters. The lowest BCUT2D eigenvalue weighted by Gasteiger charge is -2.42. The number of nitrogens with one attached hydrogen (secondary N) is 11. The largest absolute Gasteiger partial charge is 0.508 e. The first kappa shape index (κ1) is 109. The van der Waals surface area contributed by atoms with Gasteiger partial charge in [-0.05, 0) is 130 Å². The molecule has 7 aromatic rings. The number of phenols is 1. The van der Waals surface area contributed by atoms with Crippen molar-refractivity contribution in [1.29, 1.82) is 0 Å². The number of nitrogens with zero attached hydrogens (tertiary/aromatic N) is 2. The van der Waals surface area contributed by atoms with Crippen LogP contribution in [0.2, 0.25) is 5.02 Å². The molecule has 18 N–H and O–H groups in total. The number of phenolic OH excluding ortho intramolecular Hbond substituents is 1. The number of amides is 13. The highest BCUT2D eigenvalue weighted by Gasteiger charge is 2.65. The Hall–Kier alpha value is -11.9. The molecule has 5 heterocycles. The van der Waals surface area contributed by atoms with Crippen LogP contribution >= 0.6 is 54.8 Å². The summed E-state index contributed by atoms with van der Waals surface area (Å²) in [5.41, 5.74) is 14.7. The molecule has 4 bridgehead atoms. The van der Waals surface area contributed by atoms with Crippen LogP contribution in [-0.2, 0) is 97.4 Å². The standard InChI is InChI=1S/C99H124ClN15O21S4/c1-56-24-23-34-80(133-9)99(131)51-79(134-97(130)113-99)57(2)86-98(5,136-86)81(50-83(119)115(7)77-47-62(44-56)48-78(132-8)84(77)100)135-95(128)58(3)114(6)82(118)40-43-137-138-53-74(87(102)120)108-93(126)76-55-140-139-54-75(109-90(123)72(45-60-25-13-10-14-26-60)111-96(129)103-42-39-67(63-27-15-11-16-28-63)64-29-17-12-18-30-64)92(125)106-71(46-61-35-37-66(117)38-36-61)89(122)107-73(49-65-52-104-69-32-20-19-31-68(65)69)91(124)105-70(33-21-22-41-101)88(121)112-85(59(4)116)94(127)110-76/h10-20,23-32,34-38,47-48,52,57-59,67,70-76,79-81,85-86,104,116-117,131H,21-22,33,39-46,49-51,53-55,101H2,1-9H3,(H2,102,120)(H,105,124)(H,106,125)(H,107,122)(H,108,126)(H,109,123)(H,110,127)(H,112,121)(H,113,130)(H2,103,111,129)/b34-23+,56-24+/t57-,58+,59-,70+,71+,72-,73-,74+,75+,76+,79+,80-,81+,85+,86+,98+,99+/m1/s1. The van der Waals surface area contributed by atoms with Crippen molar-refractivity contribution in [2.75, 3.05) is 69.3 Å². The number of para-hydroxylation sites is 1. The number of carbonyl (C=O) groups excluding carboxylic acids is 13. The topological polar surface area (TPSA) is 527 Å². The zero-order valence-electron chi connectivity index (χ0n) is 79.3. The first-order valence-electron chi connectivity index (χ1n) is 46.1. The average Bonchev–Trinajstić information content (AvgIpc) is 1.57. The average molecular weight is 2020 g/mol. The molecule has 0 aliphatic carbocycles. The predicted molar refractivity (Wildman–Crippen MR) is 536 cm³/mol. The first-order chi connectivity index (χ1) is 67.0. The van der Waals surface area contributed by atoms with Gasteiger partial charge in [0.2, 0.25) is 59.1 Å². The molecule has 0 spiro atoms. The van der Waals surface area contributed by atoms with E-state index < -0.39 is 191 Å². The number of alkyl carbamates (subject to hydrolysis) is 1. The minimum atomic E-state index is -1.97. The number of fused-ring (bicyclic) bond motifs is 6. The van der Waals surface area contributed by atoms with E-state index in [1.54, 1.807) is 98.9 Å². The number of anilines is 1. The van der Waals surface area contributed by atoms with Crippen LogP contribution in [0.3, 0.4) is 0 Å². The van der Waals surface area contributed by atoms with Crippen LogP contribution < -0.4 is 74.3 Å². The van der Waals surface area contributed by atoms with Gasteiger partial charge in [-0.2, -0.15) is 0 Å². The van der Waals surface area contributed by atoms with Crippen LogP contribution in [0.25, 0.3) is 10.9 Å². The number of aromatic hydroxyl groups is 1. The highest BCUT2D eigenvalue weighted by Crippen LogP contribution is 2.50. The molecule has 6 aromatic carbocycles. The molecule has 4 aliphatic rings. The SMILES string of the molecule is COc1cc2cc(c1Cl)N(C)C(=O)C[C@H](OC(=O)[C@H](C)N(C)C(=O)CCSSC[C@H](NC(=O)[C@@H]1CSSC[C@H](NC(=O)[C@@H](Cc3ccccc3)NC(=O)NCCC(c3ccccc3)c3ccccc3)C(=O)N[C@@H](Cc3ccc(O)cc3)C(=O)N[C@H](Cc3c[nH]c4ccccc34)C(=O)N[C@@H](CCCCN)C(=O)N[C@@H]([C@@H](C)O)C(=O)N1)C(N)=O)[C@]1(C)O[C@H]1[C@H](C)[C@@H]1C[C@@](O)(NC(=O)O1)[C@H](OC)/C=C/C=C(\C)C2. The van der Waals surface area contributed by atoms with E-state index in [-0.39, 0.29) is 103 Å². The van der Waals surface area contributed by atoms with Gasteiger partial charge in [0.05, 0.1) is 31.4 Å². The maximum Gasteiger partial charge on any atom is 0.409 e. The summed E-state index contributed by atoms with van der Waals surface area (Å²) in [6.07, 6.45) is -0.280. The molecule has 3 fully saturated rings. The van der Waals surface area contributed by atoms with Crippen LogP contribution in [0, 0.1) is 5.92 Å². The number of epoxide rings is 1. The van der Waals surface area contributed by atoms with Crippen molar-refractivity contribution in [2.24, 2.45) is 17.4 Å². The number of likely N-dealkylation sites (N-methyl/N-ethyl adjacent to an activating group) is 1. The highest BCUT2D eigenvalue weighted by atomic mass is 35.5. The van der Waals surface area contributed by atoms with Gasteiger partial charge in [-0.15, -0.1) is 0 Å². The number of aromatic nitrogens is 1. The second-order valence-electron chi connectivity index (χ2n) is 35.3. The summed E-state index contributed by atoms with van der Waals surface area (Å²) >= 11 is 6.92. The van der Waals surface area contributed by atoms with Gasteiger partial charge in [-0.25, -0.2) is 14.4 Å². The molecule has 752 valence electrons. The molecular weight excluding hydrogens is 1900 g/mol. The Bertz CT molecular complexity index is 5520. The Labute approximate surface area is 833 Å². The number of hydrogen-bond acceptors (Lipinski definition) is 26. The van der Waals surface area contributed by atoms with E-state index in [0.717, 1.165) is 64.8 Å². The molecule has 3 saturated heterocycles. The number of H-pyrrole nitrogens is 1. The van der Waals surface area contributed by atoms with Crippen LogP contribution in [0.15, 0.2) is 182 Å². The fraction of sp³-hybridized carbons (Fsp3) is 0.444. The number of halogens is 1. The molecule has 36 nitrogen and oxygen atoms in total. The van der Waals surface area contributed by atoms with Gasteiger partial charge in [-0.1, -0.05) is 207 Å². The summed E-state index contributed by atoms with van der Waals surface area (Å²) in [5.74, 6) is -11.5. The van der Waals surface area contributed by atoms with E-state index in [1.165, 1.54) is 71.3 Å². The summed E-state index contributed by atoms with van der Waals surface area (Å²) in [7, 11) is 9.62. The lowest BCUT2D eigenvalue weighted by atomic mass is 9.83. The molecule has 0 radical (unpaired) electrons. The monoisotopic (exact) mass is 2020 g/mol.